The van der Waals surface area contributed by atoms with Crippen molar-refractivity contribution in [3.63, 3.8) is 0 Å². The van der Waals surface area contributed by atoms with Crippen molar-refractivity contribution in [2.75, 3.05) is 26.2 Å². The van der Waals surface area contributed by atoms with E-state index in [2.05, 4.69) is 20.0 Å². The Morgan fingerprint density at radius 3 is 2.44 bits per heavy atom. The number of hydrogen-bond acceptors (Lipinski definition) is 6. The molecule has 4 aromatic rings. The first-order chi connectivity index (χ1) is 16.4. The van der Waals surface area contributed by atoms with Crippen LogP contribution in [0.2, 0.25) is 0 Å². The summed E-state index contributed by atoms with van der Waals surface area (Å²) < 4.78 is 5.54. The minimum Gasteiger partial charge on any atom is -0.358 e. The minimum atomic E-state index is -0.462. The maximum atomic E-state index is 13.1. The third kappa shape index (κ3) is 4.01. The molecular weight excluding hydrogens is 430 g/mol. The van der Waals surface area contributed by atoms with E-state index in [9.17, 15) is 9.59 Å². The van der Waals surface area contributed by atoms with Gasteiger partial charge in [0.1, 0.15) is 0 Å². The smallest absolute Gasteiger partial charge is 0.295 e. The second kappa shape index (κ2) is 8.87. The van der Waals surface area contributed by atoms with Crippen molar-refractivity contribution < 1.29 is 14.1 Å². The maximum absolute atomic E-state index is 13.1. The predicted octanol–water partition coefficient (Wildman–Crippen LogP) is 3.92. The summed E-state index contributed by atoms with van der Waals surface area (Å²) in [6.45, 7) is 8.06. The van der Waals surface area contributed by atoms with Gasteiger partial charge in [0.05, 0.1) is 11.6 Å². The third-order valence-corrected chi connectivity index (χ3v) is 6.57. The minimum absolute atomic E-state index is 0.0875. The zero-order chi connectivity index (χ0) is 23.8. The molecule has 1 aliphatic heterocycles. The Kier molecular flexibility index (Phi) is 5.75. The van der Waals surface area contributed by atoms with Gasteiger partial charge in [-0.25, -0.2) is 0 Å². The Hall–Kier alpha value is -3.78. The van der Waals surface area contributed by atoms with Gasteiger partial charge in [-0.3, -0.25) is 14.5 Å². The fourth-order valence-electron chi connectivity index (χ4n) is 4.51. The summed E-state index contributed by atoms with van der Waals surface area (Å²) in [6, 6.07) is 15.5. The molecule has 1 amide bonds. The van der Waals surface area contributed by atoms with Gasteiger partial charge >= 0.3 is 0 Å². The number of benzene rings is 2. The van der Waals surface area contributed by atoms with E-state index >= 15 is 0 Å². The highest BCUT2D eigenvalue weighted by Gasteiger charge is 2.32. The van der Waals surface area contributed by atoms with Crippen molar-refractivity contribution >= 4 is 22.6 Å². The normalized spacial score (nSPS) is 15.6. The summed E-state index contributed by atoms with van der Waals surface area (Å²) in [5.74, 6) is 0.187. The van der Waals surface area contributed by atoms with Gasteiger partial charge in [0, 0.05) is 48.3 Å². The molecule has 1 atom stereocenters. The highest BCUT2D eigenvalue weighted by molar-refractivity contribution is 6.45. The number of aryl methyl sites for hydroxylation is 2. The number of nitrogens with one attached hydrogen (secondary N) is 1. The first-order valence-corrected chi connectivity index (χ1v) is 11.5. The Labute approximate surface area is 197 Å². The van der Waals surface area contributed by atoms with Gasteiger partial charge in [-0.15, -0.1) is 0 Å². The number of nitrogens with zero attached hydrogens (tertiary/aromatic N) is 4. The molecule has 1 saturated heterocycles. The van der Waals surface area contributed by atoms with Crippen molar-refractivity contribution in [1.29, 1.82) is 0 Å². The van der Waals surface area contributed by atoms with E-state index < -0.39 is 11.7 Å². The summed E-state index contributed by atoms with van der Waals surface area (Å²) in [5.41, 5.74) is 4.12. The molecule has 0 radical (unpaired) electrons. The number of carbonyl (C=O) groups excluding carboxylic acids is 2. The molecule has 0 saturated carbocycles. The molecule has 0 spiro atoms. The van der Waals surface area contributed by atoms with E-state index in [0.717, 1.165) is 16.5 Å². The number of hydrogen-bond donors (Lipinski definition) is 1. The molecule has 0 bridgehead atoms. The molecule has 1 unspecified atom stereocenters. The quantitative estimate of drug-likeness (QED) is 0.361. The molecule has 174 valence electrons. The molecule has 2 aromatic heterocycles. The first-order valence-electron chi connectivity index (χ1n) is 11.5. The Morgan fingerprint density at radius 2 is 1.71 bits per heavy atom. The van der Waals surface area contributed by atoms with E-state index in [-0.39, 0.29) is 6.04 Å². The lowest BCUT2D eigenvalue weighted by Crippen LogP contribution is -2.51. The third-order valence-electron chi connectivity index (χ3n) is 6.57. The number of carbonyl (C=O) groups is 2. The van der Waals surface area contributed by atoms with E-state index in [1.54, 1.807) is 4.90 Å². The lowest BCUT2D eigenvalue weighted by molar-refractivity contribution is -0.128. The van der Waals surface area contributed by atoms with Crippen LogP contribution in [0.1, 0.15) is 40.5 Å². The van der Waals surface area contributed by atoms with Crippen LogP contribution >= 0.6 is 0 Å². The number of piperazine rings is 1. The van der Waals surface area contributed by atoms with Crippen LogP contribution in [0.3, 0.4) is 0 Å². The molecule has 2 aromatic carbocycles. The van der Waals surface area contributed by atoms with Gasteiger partial charge in [-0.05, 0) is 26.8 Å². The van der Waals surface area contributed by atoms with E-state index in [4.69, 9.17) is 4.52 Å². The topological polar surface area (TPSA) is 95.3 Å². The summed E-state index contributed by atoms with van der Waals surface area (Å²) in [7, 11) is 0. The Balaban J connectivity index is 1.24. The second-order valence-corrected chi connectivity index (χ2v) is 8.83. The number of aromatic nitrogens is 3. The molecule has 3 heterocycles. The fourth-order valence-corrected chi connectivity index (χ4v) is 4.51. The molecule has 1 N–H and O–H groups in total. The zero-order valence-electron chi connectivity index (χ0n) is 19.5. The number of ketones is 1. The van der Waals surface area contributed by atoms with Crippen LogP contribution in [-0.2, 0) is 4.79 Å². The van der Waals surface area contributed by atoms with Crippen LogP contribution in [-0.4, -0.2) is 62.8 Å². The van der Waals surface area contributed by atoms with Crippen molar-refractivity contribution in [1.82, 2.24) is 24.9 Å². The standard InChI is InChI=1S/C26H27N5O3/c1-16-8-10-19(11-9-16)24-28-25(34-29-24)18(3)30-12-14-31(15-13-30)26(33)23(32)22-17(2)27-21-7-5-4-6-20(21)22/h4-11,18,27H,12-15H2,1-3H3. The van der Waals surface area contributed by atoms with Gasteiger partial charge in [-0.1, -0.05) is 53.2 Å². The van der Waals surface area contributed by atoms with Gasteiger partial charge in [0.25, 0.3) is 11.7 Å². The summed E-state index contributed by atoms with van der Waals surface area (Å²) >= 11 is 0. The molecule has 8 nitrogen and oxygen atoms in total. The van der Waals surface area contributed by atoms with Crippen molar-refractivity contribution in [3.8, 4) is 11.4 Å². The van der Waals surface area contributed by atoms with Crippen molar-refractivity contribution in [3.05, 3.63) is 71.2 Å². The lowest BCUT2D eigenvalue weighted by Gasteiger charge is -2.36. The summed E-state index contributed by atoms with van der Waals surface area (Å²) in [4.78, 5) is 37.7. The SMILES string of the molecule is Cc1ccc(-c2noc(C(C)N3CCN(C(=O)C(=O)c4c(C)[nH]c5ccccc45)CC3)n2)cc1. The molecule has 5 rings (SSSR count). The lowest BCUT2D eigenvalue weighted by atomic mass is 10.1. The highest BCUT2D eigenvalue weighted by atomic mass is 16.5. The van der Waals surface area contributed by atoms with Crippen LogP contribution in [0.4, 0.5) is 0 Å². The molecule has 8 heteroatoms. The van der Waals surface area contributed by atoms with Gasteiger partial charge in [-0.2, -0.15) is 4.98 Å². The Morgan fingerprint density at radius 1 is 1.00 bits per heavy atom. The number of aromatic amines is 1. The van der Waals surface area contributed by atoms with Crippen LogP contribution in [0.5, 0.6) is 0 Å². The van der Waals surface area contributed by atoms with E-state index in [0.29, 0.717) is 49.2 Å². The van der Waals surface area contributed by atoms with Crippen molar-refractivity contribution in [2.45, 2.75) is 26.8 Å². The first kappa shape index (κ1) is 22.0. The second-order valence-electron chi connectivity index (χ2n) is 8.83. The molecular formula is C26H27N5O3. The number of amides is 1. The number of rotatable bonds is 5. The molecule has 1 aliphatic rings. The largest absolute Gasteiger partial charge is 0.358 e. The zero-order valence-corrected chi connectivity index (χ0v) is 19.5. The number of Topliss-reactive ketones (excluding diaryl/α,β-unsaturated/α-hetero) is 1. The summed E-state index contributed by atoms with van der Waals surface area (Å²) in [6.07, 6.45) is 0. The number of fused-ring (bicyclic) bond motifs is 1. The Bertz CT molecular complexity index is 1350. The van der Waals surface area contributed by atoms with Crippen molar-refractivity contribution in [2.24, 2.45) is 0 Å². The van der Waals surface area contributed by atoms with Crippen LogP contribution in [0.15, 0.2) is 53.1 Å². The molecule has 1 fully saturated rings. The van der Waals surface area contributed by atoms with E-state index in [1.807, 2.05) is 69.3 Å². The molecule has 0 aliphatic carbocycles. The van der Waals surface area contributed by atoms with Gasteiger partial charge in [0.2, 0.25) is 11.7 Å². The average Bonchev–Trinajstić information content (AvgIpc) is 3.47. The maximum Gasteiger partial charge on any atom is 0.295 e. The van der Waals surface area contributed by atoms with Crippen LogP contribution in [0.25, 0.3) is 22.3 Å². The number of H-pyrrole nitrogens is 1. The number of para-hydroxylation sites is 1. The van der Waals surface area contributed by atoms with Crippen LogP contribution < -0.4 is 0 Å². The molecule has 34 heavy (non-hydrogen) atoms. The monoisotopic (exact) mass is 457 g/mol. The summed E-state index contributed by atoms with van der Waals surface area (Å²) in [5, 5.41) is 4.92. The van der Waals surface area contributed by atoms with E-state index in [1.165, 1.54) is 5.56 Å². The predicted molar refractivity (Wildman–Crippen MR) is 128 cm³/mol. The van der Waals surface area contributed by atoms with Gasteiger partial charge < -0.3 is 14.4 Å². The van der Waals surface area contributed by atoms with Gasteiger partial charge in [0.15, 0.2) is 0 Å². The highest BCUT2D eigenvalue weighted by Crippen LogP contribution is 2.25. The fraction of sp³-hybridized carbons (Fsp3) is 0.308. The van der Waals surface area contributed by atoms with Crippen LogP contribution in [0, 0.1) is 13.8 Å². The average molecular weight is 458 g/mol.